The van der Waals surface area contributed by atoms with Gasteiger partial charge in [0.15, 0.2) is 6.10 Å². The van der Waals surface area contributed by atoms with E-state index in [2.05, 4.69) is 0 Å². The van der Waals surface area contributed by atoms with Gasteiger partial charge in [0.1, 0.15) is 0 Å². The number of nitrogens with two attached hydrogens (primary N) is 2. The first-order chi connectivity index (χ1) is 8.61. The molecule has 0 radical (unpaired) electrons. The lowest BCUT2D eigenvalue weighted by Gasteiger charge is -2.14. The summed E-state index contributed by atoms with van der Waals surface area (Å²) >= 11 is 0. The summed E-state index contributed by atoms with van der Waals surface area (Å²) in [5.41, 5.74) is 10.6. The molecule has 0 spiro atoms. The smallest absolute Gasteiger partial charge is 0.306 e. The fourth-order valence-electron chi connectivity index (χ4n) is 1.69. The summed E-state index contributed by atoms with van der Waals surface area (Å²) in [5.74, 6) is -0.897. The van der Waals surface area contributed by atoms with Crippen molar-refractivity contribution in [2.45, 2.75) is 64.4 Å². The first kappa shape index (κ1) is 16.9. The zero-order valence-electron chi connectivity index (χ0n) is 11.3. The molecule has 1 unspecified atom stereocenters. The summed E-state index contributed by atoms with van der Waals surface area (Å²) in [6.07, 6.45) is 5.88. The van der Waals surface area contributed by atoms with Crippen LogP contribution in [0.1, 0.15) is 58.3 Å². The van der Waals surface area contributed by atoms with Crippen LogP contribution in [0.2, 0.25) is 0 Å². The Morgan fingerprint density at radius 3 is 2.28 bits per heavy atom. The Kier molecular flexibility index (Phi) is 10.3. The summed E-state index contributed by atoms with van der Waals surface area (Å²) in [6.45, 7) is 2.61. The molecule has 1 amide bonds. The Bertz CT molecular complexity index is 244. The fraction of sp³-hybridized carbons (Fsp3) is 0.846. The van der Waals surface area contributed by atoms with Gasteiger partial charge in [0.25, 0.3) is 5.91 Å². The Balaban J connectivity index is 3.77. The van der Waals surface area contributed by atoms with E-state index in [0.717, 1.165) is 38.6 Å². The first-order valence-corrected chi connectivity index (χ1v) is 6.80. The first-order valence-electron chi connectivity index (χ1n) is 6.80. The molecule has 0 aromatic carbocycles. The average molecular weight is 258 g/mol. The number of carbonyl (C=O) groups excluding carboxylic acids is 2. The van der Waals surface area contributed by atoms with Gasteiger partial charge in [-0.1, -0.05) is 26.2 Å². The van der Waals surface area contributed by atoms with E-state index in [1.807, 2.05) is 6.92 Å². The minimum Gasteiger partial charge on any atom is -0.452 e. The Morgan fingerprint density at radius 1 is 1.11 bits per heavy atom. The molecule has 18 heavy (non-hydrogen) atoms. The van der Waals surface area contributed by atoms with E-state index in [4.69, 9.17) is 16.2 Å². The van der Waals surface area contributed by atoms with Crippen molar-refractivity contribution in [1.82, 2.24) is 0 Å². The van der Waals surface area contributed by atoms with Crippen LogP contribution in [0, 0.1) is 0 Å². The summed E-state index contributed by atoms with van der Waals surface area (Å²) in [4.78, 5) is 22.4. The zero-order valence-corrected chi connectivity index (χ0v) is 11.3. The van der Waals surface area contributed by atoms with Crippen molar-refractivity contribution in [3.63, 3.8) is 0 Å². The summed E-state index contributed by atoms with van der Waals surface area (Å²) in [5, 5.41) is 0. The van der Waals surface area contributed by atoms with E-state index in [1.54, 1.807) is 0 Å². The lowest BCUT2D eigenvalue weighted by molar-refractivity contribution is -0.155. The van der Waals surface area contributed by atoms with Crippen LogP contribution in [0.5, 0.6) is 0 Å². The van der Waals surface area contributed by atoms with Gasteiger partial charge in [0, 0.05) is 6.42 Å². The molecule has 106 valence electrons. The predicted octanol–water partition coefficient (Wildman–Crippen LogP) is 1.48. The van der Waals surface area contributed by atoms with Gasteiger partial charge in [0.2, 0.25) is 0 Å². The molecule has 5 heteroatoms. The van der Waals surface area contributed by atoms with Gasteiger partial charge in [-0.3, -0.25) is 9.59 Å². The molecular weight excluding hydrogens is 232 g/mol. The SMILES string of the molecule is CCCC(=O)OC(CCCCCCCN)C(N)=O. The van der Waals surface area contributed by atoms with Crippen LogP contribution < -0.4 is 11.5 Å². The van der Waals surface area contributed by atoms with E-state index >= 15 is 0 Å². The number of esters is 1. The van der Waals surface area contributed by atoms with Crippen LogP contribution in [0.3, 0.4) is 0 Å². The minimum absolute atomic E-state index is 0.334. The molecule has 0 rings (SSSR count). The Hall–Kier alpha value is -1.10. The normalized spacial score (nSPS) is 12.1. The lowest BCUT2D eigenvalue weighted by Crippen LogP contribution is -2.33. The second kappa shape index (κ2) is 11.0. The Labute approximate surface area is 109 Å². The van der Waals surface area contributed by atoms with Crippen LogP contribution in [0.25, 0.3) is 0 Å². The average Bonchev–Trinajstić information content (AvgIpc) is 2.32. The summed E-state index contributed by atoms with van der Waals surface area (Å²) < 4.78 is 5.05. The van der Waals surface area contributed by atoms with Crippen molar-refractivity contribution in [1.29, 1.82) is 0 Å². The van der Waals surface area contributed by atoms with Gasteiger partial charge in [-0.05, 0) is 32.2 Å². The molecule has 0 saturated carbocycles. The van der Waals surface area contributed by atoms with Crippen molar-refractivity contribution in [2.24, 2.45) is 11.5 Å². The van der Waals surface area contributed by atoms with E-state index in [0.29, 0.717) is 19.3 Å². The summed E-state index contributed by atoms with van der Waals surface area (Å²) in [6, 6.07) is 0. The van der Waals surface area contributed by atoms with Gasteiger partial charge in [-0.2, -0.15) is 0 Å². The third kappa shape index (κ3) is 8.98. The van der Waals surface area contributed by atoms with Crippen LogP contribution in [-0.2, 0) is 14.3 Å². The van der Waals surface area contributed by atoms with Crippen LogP contribution in [-0.4, -0.2) is 24.5 Å². The number of primary amides is 1. The predicted molar refractivity (Wildman–Crippen MR) is 70.7 cm³/mol. The van der Waals surface area contributed by atoms with Gasteiger partial charge >= 0.3 is 5.97 Å². The topological polar surface area (TPSA) is 95.4 Å². The highest BCUT2D eigenvalue weighted by atomic mass is 16.5. The quantitative estimate of drug-likeness (QED) is 0.433. The maximum atomic E-state index is 11.3. The summed E-state index contributed by atoms with van der Waals surface area (Å²) in [7, 11) is 0. The standard InChI is InChI=1S/C13H26N2O3/c1-2-8-12(16)18-11(13(15)17)9-6-4-3-5-7-10-14/h11H,2-10,14H2,1H3,(H2,15,17). The zero-order chi connectivity index (χ0) is 13.8. The molecule has 0 saturated heterocycles. The third-order valence-electron chi connectivity index (χ3n) is 2.72. The number of amides is 1. The highest BCUT2D eigenvalue weighted by Gasteiger charge is 2.19. The van der Waals surface area contributed by atoms with Crippen molar-refractivity contribution >= 4 is 11.9 Å². The maximum Gasteiger partial charge on any atom is 0.306 e. The largest absolute Gasteiger partial charge is 0.452 e. The second-order valence-electron chi connectivity index (χ2n) is 4.48. The van der Waals surface area contributed by atoms with Crippen molar-refractivity contribution in [2.75, 3.05) is 6.54 Å². The molecule has 0 aliphatic rings. The molecule has 0 aromatic heterocycles. The van der Waals surface area contributed by atoms with E-state index in [1.165, 1.54) is 0 Å². The molecule has 4 N–H and O–H groups in total. The molecule has 0 fully saturated rings. The molecule has 0 heterocycles. The fourth-order valence-corrected chi connectivity index (χ4v) is 1.69. The molecule has 0 bridgehead atoms. The van der Waals surface area contributed by atoms with Gasteiger partial charge in [0.05, 0.1) is 0 Å². The number of unbranched alkanes of at least 4 members (excludes halogenated alkanes) is 4. The van der Waals surface area contributed by atoms with Crippen LogP contribution in [0.15, 0.2) is 0 Å². The Morgan fingerprint density at radius 2 is 1.72 bits per heavy atom. The number of hydrogen-bond acceptors (Lipinski definition) is 4. The van der Waals surface area contributed by atoms with E-state index in [-0.39, 0.29) is 5.97 Å². The second-order valence-corrected chi connectivity index (χ2v) is 4.48. The number of rotatable bonds is 11. The molecule has 0 aliphatic carbocycles. The monoisotopic (exact) mass is 258 g/mol. The number of hydrogen-bond donors (Lipinski definition) is 2. The third-order valence-corrected chi connectivity index (χ3v) is 2.72. The highest BCUT2D eigenvalue weighted by molar-refractivity contribution is 5.82. The minimum atomic E-state index is -0.765. The highest BCUT2D eigenvalue weighted by Crippen LogP contribution is 2.10. The molecule has 1 atom stereocenters. The number of carbonyl (C=O) groups is 2. The number of ether oxygens (including phenoxy) is 1. The molecule has 0 aromatic rings. The maximum absolute atomic E-state index is 11.3. The van der Waals surface area contributed by atoms with Crippen LogP contribution in [0.4, 0.5) is 0 Å². The van der Waals surface area contributed by atoms with Gasteiger partial charge in [-0.25, -0.2) is 0 Å². The molecule has 0 aliphatic heterocycles. The van der Waals surface area contributed by atoms with Gasteiger partial charge < -0.3 is 16.2 Å². The lowest BCUT2D eigenvalue weighted by atomic mass is 10.1. The molecule has 5 nitrogen and oxygen atoms in total. The van der Waals surface area contributed by atoms with E-state index < -0.39 is 12.0 Å². The van der Waals surface area contributed by atoms with Crippen LogP contribution >= 0.6 is 0 Å². The van der Waals surface area contributed by atoms with Gasteiger partial charge in [-0.15, -0.1) is 0 Å². The van der Waals surface area contributed by atoms with E-state index in [9.17, 15) is 9.59 Å². The molecular formula is C13H26N2O3. The van der Waals surface area contributed by atoms with Crippen molar-refractivity contribution < 1.29 is 14.3 Å². The van der Waals surface area contributed by atoms with Crippen molar-refractivity contribution in [3.05, 3.63) is 0 Å². The van der Waals surface area contributed by atoms with Crippen molar-refractivity contribution in [3.8, 4) is 0 Å².